The Morgan fingerprint density at radius 2 is 1.19 bits per heavy atom. The highest BCUT2D eigenvalue weighted by molar-refractivity contribution is 7.78. The fourth-order valence-corrected chi connectivity index (χ4v) is 6.49. The summed E-state index contributed by atoms with van der Waals surface area (Å²) in [5, 5.41) is -1.46. The second kappa shape index (κ2) is 7.81. The first kappa shape index (κ1) is 22.1. The van der Waals surface area contributed by atoms with Crippen LogP contribution in [0.15, 0.2) is 77.2 Å². The molecule has 32 heavy (non-hydrogen) atoms. The predicted octanol–water partition coefficient (Wildman–Crippen LogP) is 6.38. The van der Waals surface area contributed by atoms with Gasteiger partial charge in [-0.25, -0.2) is 4.98 Å². The molecule has 0 saturated heterocycles. The van der Waals surface area contributed by atoms with Crippen LogP contribution in [0, 0.1) is 0 Å². The Hall–Kier alpha value is -3.06. The van der Waals surface area contributed by atoms with E-state index < -0.39 is 47.4 Å². The molecule has 3 nitrogen and oxygen atoms in total. The van der Waals surface area contributed by atoms with Crippen molar-refractivity contribution < 1.29 is 35.3 Å². The van der Waals surface area contributed by atoms with Gasteiger partial charge in [0.25, 0.3) is 0 Å². The van der Waals surface area contributed by atoms with Crippen LogP contribution in [0.25, 0.3) is 11.1 Å². The average Bonchev–Trinajstić information content (AvgIpc) is 3.14. The van der Waals surface area contributed by atoms with E-state index in [9.17, 15) is 30.9 Å². The molecule has 0 saturated carbocycles. The highest BCUT2D eigenvalue weighted by Gasteiger charge is 2.45. The number of oxazole rings is 1. The van der Waals surface area contributed by atoms with Crippen molar-refractivity contribution in [1.82, 2.24) is 4.98 Å². The first-order valence-electron chi connectivity index (χ1n) is 9.27. The molecule has 0 bridgehead atoms. The minimum Gasteiger partial charge on any atom is -0.440 e. The Labute approximate surface area is 178 Å². The van der Waals surface area contributed by atoms with Crippen LogP contribution in [0.1, 0.15) is 17.0 Å². The molecule has 1 heterocycles. The van der Waals surface area contributed by atoms with E-state index in [2.05, 4.69) is 4.98 Å². The van der Waals surface area contributed by atoms with Gasteiger partial charge >= 0.3 is 12.4 Å². The van der Waals surface area contributed by atoms with E-state index in [1.165, 1.54) is 12.1 Å². The molecule has 1 aromatic heterocycles. The van der Waals surface area contributed by atoms with Crippen molar-refractivity contribution in [2.75, 3.05) is 0 Å². The van der Waals surface area contributed by atoms with Crippen LogP contribution in [0.4, 0.5) is 26.3 Å². The van der Waals surface area contributed by atoms with Gasteiger partial charge in [-0.05, 0) is 24.3 Å². The summed E-state index contributed by atoms with van der Waals surface area (Å²) in [6, 6.07) is 14.3. The van der Waals surface area contributed by atoms with E-state index >= 15 is 0 Å². The third-order valence-electron chi connectivity index (χ3n) is 4.89. The van der Waals surface area contributed by atoms with Crippen molar-refractivity contribution in [1.29, 1.82) is 0 Å². The summed E-state index contributed by atoms with van der Waals surface area (Å²) in [5.74, 6) is -0.219. The lowest BCUT2D eigenvalue weighted by Crippen LogP contribution is -2.29. The summed E-state index contributed by atoms with van der Waals surface area (Å²) in [6.45, 7) is 0. The van der Waals surface area contributed by atoms with Crippen LogP contribution in [-0.2, 0) is 23.1 Å². The fourth-order valence-electron chi connectivity index (χ4n) is 3.53. The van der Waals surface area contributed by atoms with Gasteiger partial charge in [-0.2, -0.15) is 26.3 Å². The Balaban J connectivity index is 2.00. The fraction of sp³-hybridized carbons (Fsp3) is 0.136. The number of fused-ring (bicyclic) bond motifs is 1. The predicted molar refractivity (Wildman–Crippen MR) is 107 cm³/mol. The van der Waals surface area contributed by atoms with E-state index in [1.807, 2.05) is 0 Å². The second-order valence-corrected chi connectivity index (χ2v) is 9.76. The van der Waals surface area contributed by atoms with Crippen LogP contribution in [0.2, 0.25) is 0 Å². The molecule has 3 aromatic carbocycles. The van der Waals surface area contributed by atoms with Gasteiger partial charge < -0.3 is 8.98 Å². The van der Waals surface area contributed by atoms with Gasteiger partial charge in [0, 0.05) is 10.6 Å². The molecule has 0 aliphatic rings. The van der Waals surface area contributed by atoms with Crippen LogP contribution in [-0.4, -0.2) is 4.98 Å². The van der Waals surface area contributed by atoms with E-state index in [0.717, 1.165) is 24.3 Å². The van der Waals surface area contributed by atoms with Gasteiger partial charge in [0.15, 0.2) is 12.7 Å². The van der Waals surface area contributed by atoms with Gasteiger partial charge in [0.05, 0.1) is 17.3 Å². The number of hydrogen-bond donors (Lipinski definition) is 0. The Kier molecular flexibility index (Phi) is 5.41. The minimum absolute atomic E-state index is 0.219. The van der Waals surface area contributed by atoms with Gasteiger partial charge in [-0.3, -0.25) is 0 Å². The summed E-state index contributed by atoms with van der Waals surface area (Å²) < 4.78 is 102. The molecular formula is C22H14F6NO2P. The largest absolute Gasteiger partial charge is 0.440 e. The van der Waals surface area contributed by atoms with E-state index in [4.69, 9.17) is 4.42 Å². The number of rotatable bonds is 4. The Bertz CT molecular complexity index is 1230. The van der Waals surface area contributed by atoms with E-state index in [0.29, 0.717) is 17.6 Å². The van der Waals surface area contributed by atoms with Crippen LogP contribution < -0.4 is 10.6 Å². The number of benzene rings is 3. The van der Waals surface area contributed by atoms with Gasteiger partial charge in [0.2, 0.25) is 5.89 Å². The first-order chi connectivity index (χ1) is 15.0. The molecule has 10 heteroatoms. The lowest BCUT2D eigenvalue weighted by atomic mass is 10.2. The number of aromatic nitrogens is 1. The van der Waals surface area contributed by atoms with Crippen molar-refractivity contribution in [3.8, 4) is 0 Å². The second-order valence-electron chi connectivity index (χ2n) is 7.00. The SMILES string of the molecule is O=P(Cc1nc2ccccc2o1)(c1ccccc1C(F)(F)F)c1ccccc1C(F)(F)F. The topological polar surface area (TPSA) is 43.1 Å². The Morgan fingerprint density at radius 3 is 1.69 bits per heavy atom. The molecule has 0 spiro atoms. The zero-order valence-corrected chi connectivity index (χ0v) is 17.0. The van der Waals surface area contributed by atoms with Crippen LogP contribution in [0.5, 0.6) is 0 Å². The summed E-state index contributed by atoms with van der Waals surface area (Å²) in [4.78, 5) is 4.13. The molecular weight excluding hydrogens is 455 g/mol. The van der Waals surface area contributed by atoms with Crippen LogP contribution in [0.3, 0.4) is 0 Å². The highest BCUT2D eigenvalue weighted by atomic mass is 31.2. The summed E-state index contributed by atoms with van der Waals surface area (Å²) >= 11 is 0. The van der Waals surface area contributed by atoms with Gasteiger partial charge in [0.1, 0.15) is 5.52 Å². The minimum atomic E-state index is -4.93. The molecule has 0 atom stereocenters. The first-order valence-corrected chi connectivity index (χ1v) is 11.2. The highest BCUT2D eigenvalue weighted by Crippen LogP contribution is 2.52. The lowest BCUT2D eigenvalue weighted by molar-refractivity contribution is -0.137. The zero-order chi connectivity index (χ0) is 23.1. The molecule has 0 aliphatic heterocycles. The zero-order valence-electron chi connectivity index (χ0n) is 16.1. The standard InChI is InChI=1S/C22H14F6NO2P/c23-21(24,25)14-7-1-5-11-18(14)32(30,19-12-6-2-8-15(19)22(26,27)28)13-20-29-16-9-3-4-10-17(16)31-20/h1-12H,13H2. The van der Waals surface area contributed by atoms with Crippen molar-refractivity contribution in [3.63, 3.8) is 0 Å². The molecule has 0 unspecified atom stereocenters. The summed E-state index contributed by atoms with van der Waals surface area (Å²) in [6.07, 6.45) is -10.6. The summed E-state index contributed by atoms with van der Waals surface area (Å²) in [5.41, 5.74) is -1.91. The average molecular weight is 469 g/mol. The molecule has 0 N–H and O–H groups in total. The van der Waals surface area contributed by atoms with Crippen LogP contribution >= 0.6 is 7.14 Å². The lowest BCUT2D eigenvalue weighted by Gasteiger charge is -2.24. The van der Waals surface area contributed by atoms with Gasteiger partial charge in [-0.1, -0.05) is 48.5 Å². The van der Waals surface area contributed by atoms with Crippen molar-refractivity contribution in [2.45, 2.75) is 18.5 Å². The molecule has 166 valence electrons. The van der Waals surface area contributed by atoms with Crippen molar-refractivity contribution >= 4 is 28.9 Å². The smallest absolute Gasteiger partial charge is 0.417 e. The molecule has 0 fully saturated rings. The summed E-state index contributed by atoms with van der Waals surface area (Å²) in [7, 11) is -4.57. The quantitative estimate of drug-likeness (QED) is 0.257. The maximum absolute atomic E-state index is 14.3. The third-order valence-corrected chi connectivity index (χ3v) is 7.95. The molecule has 0 radical (unpaired) electrons. The van der Waals surface area contributed by atoms with Crippen molar-refractivity contribution in [2.24, 2.45) is 0 Å². The number of halogens is 6. The van der Waals surface area contributed by atoms with E-state index in [1.54, 1.807) is 24.3 Å². The van der Waals surface area contributed by atoms with E-state index in [-0.39, 0.29) is 11.5 Å². The molecule has 4 rings (SSSR count). The molecule has 0 aliphatic carbocycles. The third kappa shape index (κ3) is 4.05. The molecule has 0 amide bonds. The maximum atomic E-state index is 14.3. The maximum Gasteiger partial charge on any atom is 0.417 e. The number of nitrogens with zero attached hydrogens (tertiary/aromatic N) is 1. The van der Waals surface area contributed by atoms with Crippen molar-refractivity contribution in [3.05, 3.63) is 89.8 Å². The monoisotopic (exact) mass is 469 g/mol. The Morgan fingerprint density at radius 1 is 0.719 bits per heavy atom. The number of alkyl halides is 6. The molecule has 4 aromatic rings. The number of para-hydroxylation sites is 2. The normalized spacial score (nSPS) is 12.9. The number of hydrogen-bond acceptors (Lipinski definition) is 3. The van der Waals surface area contributed by atoms with Gasteiger partial charge in [-0.15, -0.1) is 0 Å².